The van der Waals surface area contributed by atoms with Crippen LogP contribution in [-0.2, 0) is 0 Å². The van der Waals surface area contributed by atoms with Crippen LogP contribution in [0.5, 0.6) is 0 Å². The zero-order chi connectivity index (χ0) is 18.7. The van der Waals surface area contributed by atoms with E-state index in [0.29, 0.717) is 6.04 Å². The first-order chi connectivity index (χ1) is 12.0. The van der Waals surface area contributed by atoms with E-state index in [1.165, 1.54) is 5.56 Å². The quantitative estimate of drug-likeness (QED) is 0.279. The van der Waals surface area contributed by atoms with Crippen LogP contribution in [-0.4, -0.2) is 53.5 Å². The molecule has 1 aromatic rings. The predicted molar refractivity (Wildman–Crippen MR) is 113 cm³/mol. The number of rotatable bonds is 11. The Balaban J connectivity index is 2.74. The van der Waals surface area contributed by atoms with E-state index in [1.807, 2.05) is 11.3 Å². The molecule has 4 nitrogen and oxygen atoms in total. The Morgan fingerprint density at radius 1 is 1.16 bits per heavy atom. The van der Waals surface area contributed by atoms with Crippen molar-refractivity contribution in [2.75, 3.05) is 26.2 Å². The summed E-state index contributed by atoms with van der Waals surface area (Å²) in [5.41, 5.74) is 5.61. The predicted octanol–water partition coefficient (Wildman–Crippen LogP) is 4.04. The Bertz CT molecular complexity index is 523. The SMILES string of the molecule is CCCC(C)N=CN(CCN(CC)CC)NC(=S)c1ccc(C)cc1. The van der Waals surface area contributed by atoms with Crippen LogP contribution in [0.4, 0.5) is 0 Å². The zero-order valence-corrected chi connectivity index (χ0v) is 17.3. The molecule has 0 saturated heterocycles. The monoisotopic (exact) mass is 362 g/mol. The maximum absolute atomic E-state index is 5.58. The lowest BCUT2D eigenvalue weighted by Gasteiger charge is -2.26. The van der Waals surface area contributed by atoms with E-state index >= 15 is 0 Å². The number of nitrogens with one attached hydrogen (secondary N) is 1. The van der Waals surface area contributed by atoms with Crippen molar-refractivity contribution in [3.8, 4) is 0 Å². The third-order valence-corrected chi connectivity index (χ3v) is 4.60. The zero-order valence-electron chi connectivity index (χ0n) is 16.5. The second-order valence-corrected chi connectivity index (χ2v) is 6.84. The molecule has 0 heterocycles. The summed E-state index contributed by atoms with van der Waals surface area (Å²) < 4.78 is 0. The lowest BCUT2D eigenvalue weighted by atomic mass is 10.1. The van der Waals surface area contributed by atoms with E-state index < -0.39 is 0 Å². The third-order valence-electron chi connectivity index (χ3n) is 4.28. The van der Waals surface area contributed by atoms with E-state index in [1.54, 1.807) is 0 Å². The van der Waals surface area contributed by atoms with Gasteiger partial charge in [-0.1, -0.05) is 69.2 Å². The Kier molecular flexibility index (Phi) is 10.3. The average molecular weight is 363 g/mol. The minimum Gasteiger partial charge on any atom is -0.302 e. The average Bonchev–Trinajstić information content (AvgIpc) is 2.61. The lowest BCUT2D eigenvalue weighted by Crippen LogP contribution is -2.45. The molecule has 0 aliphatic heterocycles. The van der Waals surface area contributed by atoms with E-state index in [4.69, 9.17) is 12.2 Å². The summed E-state index contributed by atoms with van der Waals surface area (Å²) >= 11 is 5.58. The molecular formula is C20H34N4S. The van der Waals surface area contributed by atoms with Crippen molar-refractivity contribution in [1.29, 1.82) is 0 Å². The van der Waals surface area contributed by atoms with Gasteiger partial charge in [0.1, 0.15) is 11.3 Å². The van der Waals surface area contributed by atoms with Crippen LogP contribution < -0.4 is 5.43 Å². The first-order valence-corrected chi connectivity index (χ1v) is 9.80. The number of benzene rings is 1. The molecule has 0 aliphatic carbocycles. The van der Waals surface area contributed by atoms with Gasteiger partial charge in [-0.2, -0.15) is 0 Å². The van der Waals surface area contributed by atoms with Gasteiger partial charge in [0.25, 0.3) is 0 Å². The fourth-order valence-electron chi connectivity index (χ4n) is 2.52. The van der Waals surface area contributed by atoms with Gasteiger partial charge in [0, 0.05) is 18.2 Å². The Hall–Kier alpha value is -1.46. The number of aryl methyl sites for hydroxylation is 1. The van der Waals surface area contributed by atoms with Gasteiger partial charge in [0.05, 0.1) is 6.54 Å². The number of hydrazine groups is 1. The smallest absolute Gasteiger partial charge is 0.125 e. The number of likely N-dealkylation sites (N-methyl/N-ethyl adjacent to an activating group) is 1. The van der Waals surface area contributed by atoms with Crippen LogP contribution in [0.3, 0.4) is 0 Å². The van der Waals surface area contributed by atoms with Crippen molar-refractivity contribution in [1.82, 2.24) is 15.3 Å². The van der Waals surface area contributed by atoms with E-state index in [0.717, 1.165) is 49.6 Å². The normalized spacial score (nSPS) is 12.6. The topological polar surface area (TPSA) is 30.9 Å². The molecular weight excluding hydrogens is 328 g/mol. The van der Waals surface area contributed by atoms with Crippen molar-refractivity contribution < 1.29 is 0 Å². The van der Waals surface area contributed by atoms with Gasteiger partial charge in [-0.25, -0.2) is 0 Å². The van der Waals surface area contributed by atoms with Gasteiger partial charge in [-0.3, -0.25) is 15.4 Å². The van der Waals surface area contributed by atoms with Crippen LogP contribution in [0, 0.1) is 6.92 Å². The minimum atomic E-state index is 0.329. The van der Waals surface area contributed by atoms with Crippen LogP contribution in [0.1, 0.15) is 51.7 Å². The van der Waals surface area contributed by atoms with Gasteiger partial charge in [-0.15, -0.1) is 0 Å². The highest BCUT2D eigenvalue weighted by Crippen LogP contribution is 2.05. The molecule has 0 saturated carbocycles. The number of thiocarbonyl (C=S) groups is 1. The van der Waals surface area contributed by atoms with E-state index in [9.17, 15) is 0 Å². The molecule has 140 valence electrons. The standard InChI is InChI=1S/C20H34N4S/c1-6-9-18(5)21-16-24(15-14-23(7-2)8-3)22-20(25)19-12-10-17(4)11-13-19/h10-13,16,18H,6-9,14-15H2,1-5H3,(H,22,25). The fraction of sp³-hybridized carbons (Fsp3) is 0.600. The van der Waals surface area contributed by atoms with Crippen LogP contribution >= 0.6 is 12.2 Å². The maximum Gasteiger partial charge on any atom is 0.125 e. The van der Waals surface area contributed by atoms with E-state index in [2.05, 4.69) is 74.2 Å². The molecule has 0 fully saturated rings. The summed E-state index contributed by atoms with van der Waals surface area (Å²) in [6.45, 7) is 14.7. The largest absolute Gasteiger partial charge is 0.302 e. The summed E-state index contributed by atoms with van der Waals surface area (Å²) in [5, 5.41) is 2.02. The molecule has 0 spiro atoms. The molecule has 1 unspecified atom stereocenters. The summed E-state index contributed by atoms with van der Waals surface area (Å²) in [6.07, 6.45) is 4.15. The molecule has 1 N–H and O–H groups in total. The highest BCUT2D eigenvalue weighted by Gasteiger charge is 2.08. The van der Waals surface area contributed by atoms with Crippen molar-refractivity contribution in [3.63, 3.8) is 0 Å². The summed E-state index contributed by atoms with van der Waals surface area (Å²) in [5.74, 6) is 0. The third kappa shape index (κ3) is 8.45. The van der Waals surface area contributed by atoms with Crippen LogP contribution in [0.15, 0.2) is 29.3 Å². The summed E-state index contributed by atoms with van der Waals surface area (Å²) in [4.78, 5) is 7.79. The Labute approximate surface area is 159 Å². The first kappa shape index (κ1) is 21.6. The Morgan fingerprint density at radius 3 is 2.36 bits per heavy atom. The van der Waals surface area contributed by atoms with Gasteiger partial charge in [-0.05, 0) is 33.4 Å². The Morgan fingerprint density at radius 2 is 1.80 bits per heavy atom. The molecule has 1 rings (SSSR count). The molecule has 0 amide bonds. The second-order valence-electron chi connectivity index (χ2n) is 6.43. The molecule has 5 heteroatoms. The number of aliphatic imine (C=N–C) groups is 1. The molecule has 0 radical (unpaired) electrons. The fourth-order valence-corrected chi connectivity index (χ4v) is 2.77. The highest BCUT2D eigenvalue weighted by molar-refractivity contribution is 7.80. The summed E-state index contributed by atoms with van der Waals surface area (Å²) in [6, 6.07) is 8.62. The van der Waals surface area contributed by atoms with Gasteiger partial charge in [0.15, 0.2) is 0 Å². The van der Waals surface area contributed by atoms with Crippen molar-refractivity contribution >= 4 is 23.5 Å². The molecule has 1 atom stereocenters. The first-order valence-electron chi connectivity index (χ1n) is 9.40. The van der Waals surface area contributed by atoms with Crippen LogP contribution in [0.25, 0.3) is 0 Å². The number of hydrogen-bond acceptors (Lipinski definition) is 3. The van der Waals surface area contributed by atoms with Crippen molar-refractivity contribution in [2.45, 2.75) is 53.5 Å². The molecule has 0 bridgehead atoms. The van der Waals surface area contributed by atoms with Crippen molar-refractivity contribution in [2.24, 2.45) is 4.99 Å². The molecule has 0 aliphatic rings. The highest BCUT2D eigenvalue weighted by atomic mass is 32.1. The number of hydrogen-bond donors (Lipinski definition) is 1. The van der Waals surface area contributed by atoms with Crippen molar-refractivity contribution in [3.05, 3.63) is 35.4 Å². The number of nitrogens with zero attached hydrogens (tertiary/aromatic N) is 3. The minimum absolute atomic E-state index is 0.329. The molecule has 25 heavy (non-hydrogen) atoms. The van der Waals surface area contributed by atoms with Gasteiger partial charge < -0.3 is 4.90 Å². The summed E-state index contributed by atoms with van der Waals surface area (Å²) in [7, 11) is 0. The van der Waals surface area contributed by atoms with E-state index in [-0.39, 0.29) is 0 Å². The van der Waals surface area contributed by atoms with Gasteiger partial charge >= 0.3 is 0 Å². The van der Waals surface area contributed by atoms with Gasteiger partial charge in [0.2, 0.25) is 0 Å². The second kappa shape index (κ2) is 12.0. The molecule has 0 aromatic heterocycles. The molecule has 1 aromatic carbocycles. The lowest BCUT2D eigenvalue weighted by molar-refractivity contribution is 0.258. The maximum atomic E-state index is 5.58. The van der Waals surface area contributed by atoms with Crippen LogP contribution in [0.2, 0.25) is 0 Å².